The summed E-state index contributed by atoms with van der Waals surface area (Å²) < 4.78 is 0. The fourth-order valence-electron chi connectivity index (χ4n) is 2.25. The van der Waals surface area contributed by atoms with Crippen molar-refractivity contribution in [1.29, 1.82) is 0 Å². The van der Waals surface area contributed by atoms with Crippen molar-refractivity contribution in [3.05, 3.63) is 48.0 Å². The smallest absolute Gasteiger partial charge is 0.251 e. The molecule has 0 fully saturated rings. The number of benzene rings is 1. The second-order valence-corrected chi connectivity index (χ2v) is 5.23. The van der Waals surface area contributed by atoms with Gasteiger partial charge in [0.1, 0.15) is 4.99 Å². The maximum atomic E-state index is 11.4. The number of amides is 1. The molecule has 3 heteroatoms. The standard InChI is InChI=1S/C16H19NOS/c18-15-11-12-16(19)17(15)13-7-2-1-4-8-14-9-5-3-6-10-14/h3,5-6,9-12H,1-2,4,7-8,13H2. The molecular formula is C16H19NOS. The van der Waals surface area contributed by atoms with Gasteiger partial charge in [-0.3, -0.25) is 9.69 Å². The number of nitrogens with zero attached hydrogens (tertiary/aromatic N) is 1. The molecule has 0 aliphatic carbocycles. The Balaban J connectivity index is 1.56. The van der Waals surface area contributed by atoms with Crippen LogP contribution in [0.25, 0.3) is 0 Å². The van der Waals surface area contributed by atoms with E-state index in [0.29, 0.717) is 4.99 Å². The highest BCUT2D eigenvalue weighted by molar-refractivity contribution is 7.80. The number of carbonyl (C=O) groups excluding carboxylic acids is 1. The zero-order chi connectivity index (χ0) is 13.5. The number of hydrogen-bond acceptors (Lipinski definition) is 2. The number of thiocarbonyl (C=S) groups is 1. The maximum absolute atomic E-state index is 11.4. The second-order valence-electron chi connectivity index (χ2n) is 4.81. The van der Waals surface area contributed by atoms with Crippen LogP contribution in [0, 0.1) is 0 Å². The summed E-state index contributed by atoms with van der Waals surface area (Å²) in [6, 6.07) is 10.6. The van der Waals surface area contributed by atoms with Crippen LogP contribution < -0.4 is 0 Å². The van der Waals surface area contributed by atoms with Crippen LogP contribution in [0.2, 0.25) is 0 Å². The first-order valence-corrected chi connectivity index (χ1v) is 7.25. The largest absolute Gasteiger partial charge is 0.300 e. The Morgan fingerprint density at radius 3 is 2.37 bits per heavy atom. The summed E-state index contributed by atoms with van der Waals surface area (Å²) in [4.78, 5) is 13.8. The van der Waals surface area contributed by atoms with Gasteiger partial charge >= 0.3 is 0 Å². The predicted molar refractivity (Wildman–Crippen MR) is 82.1 cm³/mol. The number of rotatable bonds is 7. The van der Waals surface area contributed by atoms with E-state index >= 15 is 0 Å². The van der Waals surface area contributed by atoms with Crippen LogP contribution in [0.5, 0.6) is 0 Å². The van der Waals surface area contributed by atoms with Gasteiger partial charge in [-0.25, -0.2) is 0 Å². The lowest BCUT2D eigenvalue weighted by atomic mass is 10.1. The summed E-state index contributed by atoms with van der Waals surface area (Å²) in [5.74, 6) is 0.0364. The Morgan fingerprint density at radius 2 is 1.68 bits per heavy atom. The molecule has 1 amide bonds. The van der Waals surface area contributed by atoms with E-state index in [0.717, 1.165) is 25.8 Å². The minimum absolute atomic E-state index is 0.0364. The molecule has 1 aliphatic rings. The molecule has 19 heavy (non-hydrogen) atoms. The molecule has 0 unspecified atom stereocenters. The topological polar surface area (TPSA) is 20.3 Å². The van der Waals surface area contributed by atoms with E-state index in [9.17, 15) is 4.79 Å². The van der Waals surface area contributed by atoms with E-state index in [4.69, 9.17) is 12.2 Å². The SMILES string of the molecule is O=C1C=CC(=S)N1CCCCCCc1ccccc1. The first kappa shape index (κ1) is 13.9. The molecule has 1 aromatic carbocycles. The van der Waals surface area contributed by atoms with Gasteiger partial charge in [0.25, 0.3) is 5.91 Å². The molecule has 0 radical (unpaired) electrons. The van der Waals surface area contributed by atoms with Crippen molar-refractivity contribution < 1.29 is 4.79 Å². The molecule has 1 aliphatic heterocycles. The molecule has 0 N–H and O–H groups in total. The van der Waals surface area contributed by atoms with Gasteiger partial charge in [0, 0.05) is 12.6 Å². The minimum Gasteiger partial charge on any atom is -0.300 e. The fourth-order valence-corrected chi connectivity index (χ4v) is 2.50. The van der Waals surface area contributed by atoms with E-state index in [1.807, 2.05) is 6.07 Å². The van der Waals surface area contributed by atoms with Gasteiger partial charge in [0.15, 0.2) is 0 Å². The Bertz CT molecular complexity index is 449. The molecule has 0 atom stereocenters. The highest BCUT2D eigenvalue weighted by Gasteiger charge is 2.18. The van der Waals surface area contributed by atoms with E-state index in [1.165, 1.54) is 18.4 Å². The van der Waals surface area contributed by atoms with Crippen LogP contribution in [-0.4, -0.2) is 22.3 Å². The van der Waals surface area contributed by atoms with Crippen LogP contribution in [-0.2, 0) is 11.2 Å². The predicted octanol–water partition coefficient (Wildman–Crippen LogP) is 3.52. The zero-order valence-corrected chi connectivity index (χ0v) is 11.9. The fraction of sp³-hybridized carbons (Fsp3) is 0.375. The first-order valence-electron chi connectivity index (χ1n) is 6.85. The molecule has 0 bridgehead atoms. The van der Waals surface area contributed by atoms with E-state index in [-0.39, 0.29) is 5.91 Å². The van der Waals surface area contributed by atoms with Gasteiger partial charge < -0.3 is 0 Å². The van der Waals surface area contributed by atoms with Crippen LogP contribution in [0.1, 0.15) is 31.2 Å². The molecule has 0 saturated heterocycles. The minimum atomic E-state index is 0.0364. The average molecular weight is 273 g/mol. The Hall–Kier alpha value is -1.48. The second kappa shape index (κ2) is 7.19. The maximum Gasteiger partial charge on any atom is 0.251 e. The van der Waals surface area contributed by atoms with Crippen LogP contribution in [0.3, 0.4) is 0 Å². The third kappa shape index (κ3) is 4.28. The number of hydrogen-bond donors (Lipinski definition) is 0. The van der Waals surface area contributed by atoms with Gasteiger partial charge in [-0.15, -0.1) is 0 Å². The summed E-state index contributed by atoms with van der Waals surface area (Å²) in [7, 11) is 0. The quantitative estimate of drug-likeness (QED) is 0.559. The lowest BCUT2D eigenvalue weighted by Crippen LogP contribution is -2.29. The average Bonchev–Trinajstić information content (AvgIpc) is 2.75. The van der Waals surface area contributed by atoms with Crippen LogP contribution in [0.15, 0.2) is 42.5 Å². The third-order valence-electron chi connectivity index (χ3n) is 3.34. The van der Waals surface area contributed by atoms with Gasteiger partial charge in [0.05, 0.1) is 0 Å². The van der Waals surface area contributed by atoms with Crippen LogP contribution >= 0.6 is 12.2 Å². The molecule has 1 aromatic rings. The van der Waals surface area contributed by atoms with E-state index < -0.39 is 0 Å². The monoisotopic (exact) mass is 273 g/mol. The third-order valence-corrected chi connectivity index (χ3v) is 3.70. The van der Waals surface area contributed by atoms with Gasteiger partial charge in [-0.1, -0.05) is 55.4 Å². The zero-order valence-electron chi connectivity index (χ0n) is 11.0. The molecule has 0 saturated carbocycles. The first-order chi connectivity index (χ1) is 9.27. The number of aryl methyl sites for hydroxylation is 1. The lowest BCUT2D eigenvalue weighted by molar-refractivity contribution is -0.121. The number of carbonyl (C=O) groups is 1. The summed E-state index contributed by atoms with van der Waals surface area (Å²) >= 11 is 5.10. The highest BCUT2D eigenvalue weighted by atomic mass is 32.1. The van der Waals surface area contributed by atoms with E-state index in [1.54, 1.807) is 17.1 Å². The van der Waals surface area contributed by atoms with Crippen molar-refractivity contribution >= 4 is 23.1 Å². The summed E-state index contributed by atoms with van der Waals surface area (Å²) in [5, 5.41) is 0. The van der Waals surface area contributed by atoms with Gasteiger partial charge in [0.2, 0.25) is 0 Å². The lowest BCUT2D eigenvalue weighted by Gasteiger charge is -2.15. The molecule has 0 aromatic heterocycles. The van der Waals surface area contributed by atoms with Gasteiger partial charge in [-0.05, 0) is 30.9 Å². The van der Waals surface area contributed by atoms with Crippen molar-refractivity contribution in [2.45, 2.75) is 32.1 Å². The van der Waals surface area contributed by atoms with Crippen molar-refractivity contribution in [2.75, 3.05) is 6.54 Å². The Morgan fingerprint density at radius 1 is 0.947 bits per heavy atom. The summed E-state index contributed by atoms with van der Waals surface area (Å²) in [5.41, 5.74) is 1.41. The van der Waals surface area contributed by atoms with Crippen molar-refractivity contribution in [3.8, 4) is 0 Å². The number of unbranched alkanes of at least 4 members (excludes halogenated alkanes) is 3. The van der Waals surface area contributed by atoms with Crippen LogP contribution in [0.4, 0.5) is 0 Å². The molecular weight excluding hydrogens is 254 g/mol. The molecule has 0 spiro atoms. The molecule has 2 nitrogen and oxygen atoms in total. The highest BCUT2D eigenvalue weighted by Crippen LogP contribution is 2.11. The summed E-state index contributed by atoms with van der Waals surface area (Å²) in [6.07, 6.45) is 9.01. The molecule has 2 rings (SSSR count). The Kier molecular flexibility index (Phi) is 5.28. The molecule has 100 valence electrons. The Labute approximate surface area is 120 Å². The van der Waals surface area contributed by atoms with Gasteiger partial charge in [-0.2, -0.15) is 0 Å². The normalized spacial score (nSPS) is 14.4. The van der Waals surface area contributed by atoms with Crippen molar-refractivity contribution in [1.82, 2.24) is 4.90 Å². The van der Waals surface area contributed by atoms with Crippen molar-refractivity contribution in [3.63, 3.8) is 0 Å². The van der Waals surface area contributed by atoms with E-state index in [2.05, 4.69) is 24.3 Å². The summed E-state index contributed by atoms with van der Waals surface area (Å²) in [6.45, 7) is 0.760. The molecule has 1 heterocycles. The van der Waals surface area contributed by atoms with Crippen molar-refractivity contribution in [2.24, 2.45) is 0 Å².